The van der Waals surface area contributed by atoms with E-state index in [2.05, 4.69) is 0 Å². The Morgan fingerprint density at radius 3 is 2.06 bits per heavy atom. The van der Waals surface area contributed by atoms with Crippen molar-refractivity contribution in [2.75, 3.05) is 6.61 Å². The summed E-state index contributed by atoms with van der Waals surface area (Å²) in [5.74, 6) is -1.24. The zero-order chi connectivity index (χ0) is 23.8. The SMILES string of the molecule is CC(=O)O[C@H]1C(OC(=N)C(Cl)(Cl)Cl)O[C@H](COCc2ccccc2)[C@@H]1OCc1ccccc1. The molecule has 1 fully saturated rings. The quantitative estimate of drug-likeness (QED) is 0.223. The molecule has 2 aromatic rings. The minimum Gasteiger partial charge on any atom is -0.453 e. The molecule has 178 valence electrons. The van der Waals surface area contributed by atoms with Gasteiger partial charge in [0.1, 0.15) is 12.2 Å². The van der Waals surface area contributed by atoms with E-state index in [-0.39, 0.29) is 13.2 Å². The van der Waals surface area contributed by atoms with Crippen molar-refractivity contribution in [1.29, 1.82) is 5.41 Å². The first-order valence-corrected chi connectivity index (χ1v) is 11.3. The number of carbonyl (C=O) groups is 1. The van der Waals surface area contributed by atoms with Crippen LogP contribution >= 0.6 is 34.8 Å². The average molecular weight is 517 g/mol. The highest BCUT2D eigenvalue weighted by Gasteiger charge is 2.50. The van der Waals surface area contributed by atoms with E-state index in [9.17, 15) is 4.79 Å². The third-order valence-electron chi connectivity index (χ3n) is 4.74. The lowest BCUT2D eigenvalue weighted by molar-refractivity contribution is -0.169. The fourth-order valence-electron chi connectivity index (χ4n) is 3.26. The zero-order valence-electron chi connectivity index (χ0n) is 17.8. The molecule has 1 N–H and O–H groups in total. The van der Waals surface area contributed by atoms with Gasteiger partial charge in [0.25, 0.3) is 3.79 Å². The molecule has 0 bridgehead atoms. The number of nitrogens with one attached hydrogen (secondary N) is 1. The first kappa shape index (κ1) is 25.7. The van der Waals surface area contributed by atoms with E-state index in [1.54, 1.807) is 0 Å². The van der Waals surface area contributed by atoms with Crippen LogP contribution in [0, 0.1) is 5.41 Å². The molecule has 10 heteroatoms. The third-order valence-corrected chi connectivity index (χ3v) is 5.25. The van der Waals surface area contributed by atoms with Crippen LogP contribution in [0.4, 0.5) is 0 Å². The Hall–Kier alpha value is -1.87. The molecule has 0 aliphatic carbocycles. The van der Waals surface area contributed by atoms with Crippen molar-refractivity contribution in [3.05, 3.63) is 71.8 Å². The Morgan fingerprint density at radius 1 is 0.939 bits per heavy atom. The Kier molecular flexibility index (Phi) is 9.37. The number of hydrogen-bond acceptors (Lipinski definition) is 7. The summed E-state index contributed by atoms with van der Waals surface area (Å²) in [6.45, 7) is 1.95. The van der Waals surface area contributed by atoms with Crippen molar-refractivity contribution in [1.82, 2.24) is 0 Å². The second kappa shape index (κ2) is 12.0. The summed E-state index contributed by atoms with van der Waals surface area (Å²) in [4.78, 5) is 11.8. The number of esters is 1. The molecule has 0 spiro atoms. The lowest BCUT2D eigenvalue weighted by Crippen LogP contribution is -2.42. The highest BCUT2D eigenvalue weighted by molar-refractivity contribution is 6.76. The number of benzene rings is 2. The number of rotatable bonds is 9. The third kappa shape index (κ3) is 7.84. The first-order chi connectivity index (χ1) is 15.7. The molecule has 0 aromatic heterocycles. The Bertz CT molecular complexity index is 909. The van der Waals surface area contributed by atoms with Crippen LogP contribution in [0.15, 0.2) is 60.7 Å². The number of carbonyl (C=O) groups excluding carboxylic acids is 1. The second-order valence-electron chi connectivity index (χ2n) is 7.32. The van der Waals surface area contributed by atoms with Gasteiger partial charge in [-0.25, -0.2) is 0 Å². The smallest absolute Gasteiger partial charge is 0.303 e. The van der Waals surface area contributed by atoms with Crippen LogP contribution in [0.25, 0.3) is 0 Å². The van der Waals surface area contributed by atoms with Gasteiger partial charge in [0, 0.05) is 6.92 Å². The summed E-state index contributed by atoms with van der Waals surface area (Å²) in [5, 5.41) is 7.89. The molecule has 2 aromatic carbocycles. The number of alkyl halides is 3. The largest absolute Gasteiger partial charge is 0.453 e. The fraction of sp³-hybridized carbons (Fsp3) is 0.391. The van der Waals surface area contributed by atoms with Gasteiger partial charge < -0.3 is 23.7 Å². The topological polar surface area (TPSA) is 87.1 Å². The molecule has 1 saturated heterocycles. The molecule has 33 heavy (non-hydrogen) atoms. The lowest BCUT2D eigenvalue weighted by Gasteiger charge is -2.25. The predicted molar refractivity (Wildman–Crippen MR) is 124 cm³/mol. The van der Waals surface area contributed by atoms with Crippen LogP contribution in [0.2, 0.25) is 0 Å². The molecule has 0 amide bonds. The van der Waals surface area contributed by atoms with Crippen molar-refractivity contribution in [3.8, 4) is 0 Å². The first-order valence-electron chi connectivity index (χ1n) is 10.2. The molecule has 1 aliphatic rings. The number of hydrogen-bond donors (Lipinski definition) is 1. The molecule has 0 radical (unpaired) electrons. The molecule has 1 unspecified atom stereocenters. The highest BCUT2D eigenvalue weighted by atomic mass is 35.6. The van der Waals surface area contributed by atoms with Gasteiger partial charge in [-0.1, -0.05) is 95.5 Å². The summed E-state index contributed by atoms with van der Waals surface area (Å²) >= 11 is 17.2. The minimum absolute atomic E-state index is 0.118. The predicted octanol–water partition coefficient (Wildman–Crippen LogP) is 4.81. The number of ether oxygens (including phenoxy) is 5. The molecule has 0 saturated carbocycles. The highest BCUT2D eigenvalue weighted by Crippen LogP contribution is 2.33. The maximum absolute atomic E-state index is 11.8. The average Bonchev–Trinajstić information content (AvgIpc) is 3.08. The van der Waals surface area contributed by atoms with E-state index >= 15 is 0 Å². The minimum atomic E-state index is -2.10. The van der Waals surface area contributed by atoms with Crippen LogP contribution < -0.4 is 0 Å². The summed E-state index contributed by atoms with van der Waals surface area (Å²) in [6, 6.07) is 19.1. The molecule has 1 aliphatic heterocycles. The van der Waals surface area contributed by atoms with Crippen LogP contribution in [0.1, 0.15) is 18.1 Å². The molecule has 4 atom stereocenters. The van der Waals surface area contributed by atoms with E-state index in [1.165, 1.54) is 6.92 Å². The van der Waals surface area contributed by atoms with Crippen LogP contribution in [-0.2, 0) is 41.7 Å². The normalized spacial score (nSPS) is 22.7. The van der Waals surface area contributed by atoms with Crippen molar-refractivity contribution in [2.45, 2.75) is 48.5 Å². The van der Waals surface area contributed by atoms with Gasteiger partial charge in [-0.2, -0.15) is 0 Å². The van der Waals surface area contributed by atoms with E-state index in [1.807, 2.05) is 60.7 Å². The maximum Gasteiger partial charge on any atom is 0.303 e. The Balaban J connectivity index is 1.75. The molecule has 3 rings (SSSR count). The van der Waals surface area contributed by atoms with Gasteiger partial charge in [0.05, 0.1) is 19.8 Å². The second-order valence-corrected chi connectivity index (χ2v) is 9.60. The van der Waals surface area contributed by atoms with Gasteiger partial charge in [0.2, 0.25) is 12.2 Å². The molecule has 7 nitrogen and oxygen atoms in total. The van der Waals surface area contributed by atoms with Gasteiger partial charge in [-0.3, -0.25) is 10.2 Å². The Labute approximate surface area is 207 Å². The Morgan fingerprint density at radius 2 is 1.52 bits per heavy atom. The zero-order valence-corrected chi connectivity index (χ0v) is 20.1. The van der Waals surface area contributed by atoms with Gasteiger partial charge in [-0.05, 0) is 11.1 Å². The summed E-state index contributed by atoms with van der Waals surface area (Å²) in [6.07, 6.45) is -3.65. The summed E-state index contributed by atoms with van der Waals surface area (Å²) < 4.78 is 26.6. The van der Waals surface area contributed by atoms with Gasteiger partial charge in [0.15, 0.2) is 6.10 Å². The standard InChI is InChI=1S/C23H24Cl3NO6/c1-15(28)31-20-19(30-13-17-10-6-3-7-11-17)18(14-29-12-16-8-4-2-5-9-16)32-21(20)33-22(27)23(24,25)26/h2-11,18-21,27H,12-14H2,1H3/t18-,19+,20-,21?/m1/s1. The van der Waals surface area contributed by atoms with Crippen molar-refractivity contribution in [2.24, 2.45) is 0 Å². The van der Waals surface area contributed by atoms with Crippen molar-refractivity contribution in [3.63, 3.8) is 0 Å². The van der Waals surface area contributed by atoms with E-state index in [0.717, 1.165) is 11.1 Å². The number of halogens is 3. The van der Waals surface area contributed by atoms with Crippen LogP contribution in [0.3, 0.4) is 0 Å². The fourth-order valence-corrected chi connectivity index (χ4v) is 3.39. The van der Waals surface area contributed by atoms with Crippen LogP contribution in [0.5, 0.6) is 0 Å². The maximum atomic E-state index is 11.8. The summed E-state index contributed by atoms with van der Waals surface area (Å²) in [7, 11) is 0. The lowest BCUT2D eigenvalue weighted by atomic mass is 10.1. The van der Waals surface area contributed by atoms with E-state index in [0.29, 0.717) is 6.61 Å². The molecule has 1 heterocycles. The van der Waals surface area contributed by atoms with E-state index < -0.39 is 40.3 Å². The van der Waals surface area contributed by atoms with E-state index in [4.69, 9.17) is 63.9 Å². The van der Waals surface area contributed by atoms with Gasteiger partial charge >= 0.3 is 5.97 Å². The van der Waals surface area contributed by atoms with Gasteiger partial charge in [-0.15, -0.1) is 0 Å². The van der Waals surface area contributed by atoms with Crippen LogP contribution in [-0.4, -0.2) is 46.9 Å². The van der Waals surface area contributed by atoms with Crippen molar-refractivity contribution < 1.29 is 28.5 Å². The monoisotopic (exact) mass is 515 g/mol. The molecular formula is C23H24Cl3NO6. The summed E-state index contributed by atoms with van der Waals surface area (Å²) in [5.41, 5.74) is 1.90. The van der Waals surface area contributed by atoms with Crippen molar-refractivity contribution >= 4 is 46.7 Å². The molecular weight excluding hydrogens is 493 g/mol.